The average Bonchev–Trinajstić information content (AvgIpc) is 2.83. The van der Waals surface area contributed by atoms with Crippen molar-refractivity contribution in [3.8, 4) is 0 Å². The Bertz CT molecular complexity index is 436. The highest BCUT2D eigenvalue weighted by Crippen LogP contribution is 2.32. The number of amides is 1. The summed E-state index contributed by atoms with van der Waals surface area (Å²) in [4.78, 5) is 11.5. The molecule has 1 aromatic rings. The third-order valence-corrected chi connectivity index (χ3v) is 3.75. The minimum absolute atomic E-state index is 0.137. The Morgan fingerprint density at radius 2 is 2.00 bits per heavy atom. The highest BCUT2D eigenvalue weighted by molar-refractivity contribution is 5.97. The van der Waals surface area contributed by atoms with Gasteiger partial charge in [0.15, 0.2) is 0 Å². The zero-order valence-corrected chi connectivity index (χ0v) is 9.96. The van der Waals surface area contributed by atoms with Crippen molar-refractivity contribution >= 4 is 17.3 Å². The van der Waals surface area contributed by atoms with E-state index in [0.717, 1.165) is 17.8 Å². The molecular weight excluding hydrogens is 212 g/mol. The lowest BCUT2D eigenvalue weighted by molar-refractivity contribution is -0.116. The molecule has 90 valence electrons. The molecule has 1 amide bonds. The van der Waals surface area contributed by atoms with E-state index >= 15 is 0 Å². The molecule has 3 heteroatoms. The summed E-state index contributed by atoms with van der Waals surface area (Å²) in [5.41, 5.74) is 3.37. The maximum absolute atomic E-state index is 11.5. The number of aryl methyl sites for hydroxylation is 1. The first kappa shape index (κ1) is 10.6. The highest BCUT2D eigenvalue weighted by atomic mass is 16.1. The van der Waals surface area contributed by atoms with Crippen LogP contribution in [-0.4, -0.2) is 11.9 Å². The number of hydrogen-bond acceptors (Lipinski definition) is 2. The number of benzene rings is 1. The first-order valence-corrected chi connectivity index (χ1v) is 6.51. The molecule has 2 aliphatic rings. The molecule has 0 aromatic heterocycles. The largest absolute Gasteiger partial charge is 0.381 e. The quantitative estimate of drug-likeness (QED) is 0.820. The Labute approximate surface area is 102 Å². The van der Waals surface area contributed by atoms with E-state index in [-0.39, 0.29) is 5.91 Å². The van der Waals surface area contributed by atoms with Gasteiger partial charge in [-0.05, 0) is 30.9 Å². The van der Waals surface area contributed by atoms with E-state index in [1.807, 2.05) is 0 Å². The van der Waals surface area contributed by atoms with Crippen LogP contribution in [0.4, 0.5) is 11.4 Å². The molecular formula is C14H18N2O. The molecule has 0 radical (unpaired) electrons. The summed E-state index contributed by atoms with van der Waals surface area (Å²) in [6, 6.07) is 6.84. The average molecular weight is 230 g/mol. The number of fused-ring (bicyclic) bond motifs is 1. The van der Waals surface area contributed by atoms with Gasteiger partial charge in [-0.25, -0.2) is 0 Å². The van der Waals surface area contributed by atoms with Crippen molar-refractivity contribution in [1.82, 2.24) is 0 Å². The first-order valence-electron chi connectivity index (χ1n) is 6.51. The Morgan fingerprint density at radius 1 is 1.18 bits per heavy atom. The van der Waals surface area contributed by atoms with Crippen molar-refractivity contribution < 1.29 is 4.79 Å². The van der Waals surface area contributed by atoms with Crippen LogP contribution in [0.3, 0.4) is 0 Å². The van der Waals surface area contributed by atoms with Crippen molar-refractivity contribution in [3.05, 3.63) is 23.8 Å². The van der Waals surface area contributed by atoms with Gasteiger partial charge in [0.1, 0.15) is 0 Å². The molecule has 0 bridgehead atoms. The number of carbonyl (C=O) groups excluding carboxylic acids is 1. The summed E-state index contributed by atoms with van der Waals surface area (Å²) < 4.78 is 0. The van der Waals surface area contributed by atoms with E-state index in [4.69, 9.17) is 0 Å². The number of hydrogen-bond donors (Lipinski definition) is 2. The van der Waals surface area contributed by atoms with Crippen LogP contribution in [0.15, 0.2) is 18.2 Å². The molecule has 1 aliphatic carbocycles. The molecule has 0 spiro atoms. The normalized spacial score (nSPS) is 19.9. The van der Waals surface area contributed by atoms with Gasteiger partial charge >= 0.3 is 0 Å². The Hall–Kier alpha value is -1.51. The van der Waals surface area contributed by atoms with Gasteiger partial charge in [-0.15, -0.1) is 0 Å². The Morgan fingerprint density at radius 3 is 2.82 bits per heavy atom. The molecule has 1 aliphatic heterocycles. The highest BCUT2D eigenvalue weighted by Gasteiger charge is 2.20. The number of nitrogens with one attached hydrogen (secondary N) is 2. The van der Waals surface area contributed by atoms with Gasteiger partial charge in [-0.3, -0.25) is 4.79 Å². The standard InChI is InChI=1S/C14H18N2O/c17-13-9-8-10-4-3-7-12(14(10)16-13)15-11-5-1-2-6-11/h3-4,7,11,15H,1-2,5-6,8-9H2,(H,16,17). The second-order valence-corrected chi connectivity index (χ2v) is 5.01. The summed E-state index contributed by atoms with van der Waals surface area (Å²) in [7, 11) is 0. The van der Waals surface area contributed by atoms with Crippen LogP contribution in [0.2, 0.25) is 0 Å². The third kappa shape index (κ3) is 2.14. The fourth-order valence-electron chi connectivity index (χ4n) is 2.82. The van der Waals surface area contributed by atoms with E-state index in [9.17, 15) is 4.79 Å². The molecule has 1 heterocycles. The number of anilines is 2. The minimum Gasteiger partial charge on any atom is -0.381 e. The van der Waals surface area contributed by atoms with Crippen molar-refractivity contribution in [3.63, 3.8) is 0 Å². The monoisotopic (exact) mass is 230 g/mol. The second-order valence-electron chi connectivity index (χ2n) is 5.01. The Kier molecular flexibility index (Phi) is 2.75. The van der Waals surface area contributed by atoms with Crippen molar-refractivity contribution in [2.45, 2.75) is 44.6 Å². The van der Waals surface area contributed by atoms with Crippen LogP contribution in [0, 0.1) is 0 Å². The molecule has 0 atom stereocenters. The first-order chi connectivity index (χ1) is 8.33. The van der Waals surface area contributed by atoms with Crippen LogP contribution in [-0.2, 0) is 11.2 Å². The van der Waals surface area contributed by atoms with Gasteiger partial charge in [0.2, 0.25) is 5.91 Å². The van der Waals surface area contributed by atoms with Crippen LogP contribution < -0.4 is 10.6 Å². The van der Waals surface area contributed by atoms with E-state index in [1.54, 1.807) is 0 Å². The molecule has 1 saturated carbocycles. The molecule has 3 nitrogen and oxygen atoms in total. The molecule has 3 rings (SSSR count). The maximum atomic E-state index is 11.5. The predicted octanol–water partition coefficient (Wildman–Crippen LogP) is 2.93. The predicted molar refractivity (Wildman–Crippen MR) is 69.3 cm³/mol. The van der Waals surface area contributed by atoms with Crippen molar-refractivity contribution in [2.75, 3.05) is 10.6 Å². The summed E-state index contributed by atoms with van der Waals surface area (Å²) in [6.07, 6.45) is 6.61. The van der Waals surface area contributed by atoms with E-state index in [2.05, 4.69) is 28.8 Å². The fourth-order valence-corrected chi connectivity index (χ4v) is 2.82. The lowest BCUT2D eigenvalue weighted by atomic mass is 10.0. The number of carbonyl (C=O) groups is 1. The molecule has 1 fully saturated rings. The maximum Gasteiger partial charge on any atom is 0.224 e. The van der Waals surface area contributed by atoms with Crippen molar-refractivity contribution in [1.29, 1.82) is 0 Å². The number of rotatable bonds is 2. The molecule has 0 unspecified atom stereocenters. The summed E-state index contributed by atoms with van der Waals surface area (Å²) in [5, 5.41) is 6.58. The van der Waals surface area contributed by atoms with Gasteiger partial charge < -0.3 is 10.6 Å². The fraction of sp³-hybridized carbons (Fsp3) is 0.500. The van der Waals surface area contributed by atoms with Crippen molar-refractivity contribution in [2.24, 2.45) is 0 Å². The molecule has 17 heavy (non-hydrogen) atoms. The van der Waals surface area contributed by atoms with E-state index < -0.39 is 0 Å². The summed E-state index contributed by atoms with van der Waals surface area (Å²) >= 11 is 0. The van der Waals surface area contributed by atoms with Gasteiger partial charge in [-0.1, -0.05) is 25.0 Å². The van der Waals surface area contributed by atoms with E-state index in [0.29, 0.717) is 12.5 Å². The smallest absolute Gasteiger partial charge is 0.224 e. The zero-order chi connectivity index (χ0) is 11.7. The van der Waals surface area contributed by atoms with Crippen LogP contribution >= 0.6 is 0 Å². The van der Waals surface area contributed by atoms with Gasteiger partial charge in [-0.2, -0.15) is 0 Å². The van der Waals surface area contributed by atoms with Gasteiger partial charge in [0.05, 0.1) is 11.4 Å². The second kappa shape index (κ2) is 4.40. The third-order valence-electron chi connectivity index (χ3n) is 3.75. The van der Waals surface area contributed by atoms with Crippen LogP contribution in [0.25, 0.3) is 0 Å². The SMILES string of the molecule is O=C1CCc2cccc(NC3CCCC3)c2N1. The lowest BCUT2D eigenvalue weighted by Gasteiger charge is -2.23. The molecule has 2 N–H and O–H groups in total. The number of para-hydroxylation sites is 1. The topological polar surface area (TPSA) is 41.1 Å². The summed E-state index contributed by atoms with van der Waals surface area (Å²) in [5.74, 6) is 0.137. The summed E-state index contributed by atoms with van der Waals surface area (Å²) in [6.45, 7) is 0. The van der Waals surface area contributed by atoms with E-state index in [1.165, 1.54) is 31.2 Å². The zero-order valence-electron chi connectivity index (χ0n) is 9.96. The van der Waals surface area contributed by atoms with Crippen LogP contribution in [0.5, 0.6) is 0 Å². The van der Waals surface area contributed by atoms with Gasteiger partial charge in [0, 0.05) is 12.5 Å². The Balaban J connectivity index is 1.85. The minimum atomic E-state index is 0.137. The van der Waals surface area contributed by atoms with Gasteiger partial charge in [0.25, 0.3) is 0 Å². The lowest BCUT2D eigenvalue weighted by Crippen LogP contribution is -2.22. The molecule has 1 aromatic carbocycles. The van der Waals surface area contributed by atoms with Crippen LogP contribution in [0.1, 0.15) is 37.7 Å². The molecule has 0 saturated heterocycles.